The van der Waals surface area contributed by atoms with Crippen LogP contribution in [-0.4, -0.2) is 34.5 Å². The summed E-state index contributed by atoms with van der Waals surface area (Å²) in [6, 6.07) is 9.12. The number of hydrogen-bond donors (Lipinski definition) is 1. The number of hydrogen-bond acceptors (Lipinski definition) is 3. The highest BCUT2D eigenvalue weighted by Crippen LogP contribution is 2.22. The summed E-state index contributed by atoms with van der Waals surface area (Å²) in [5.74, 6) is -0.611. The topological polar surface area (TPSA) is 57.6 Å². The van der Waals surface area contributed by atoms with Crippen LogP contribution in [-0.2, 0) is 16.0 Å². The van der Waals surface area contributed by atoms with Crippen LogP contribution in [0.5, 0.6) is 0 Å². The average molecular weight is 247 g/mol. The molecule has 18 heavy (non-hydrogen) atoms. The van der Waals surface area contributed by atoms with Crippen molar-refractivity contribution >= 4 is 11.8 Å². The van der Waals surface area contributed by atoms with Crippen molar-refractivity contribution in [3.8, 4) is 0 Å². The molecule has 4 nitrogen and oxygen atoms in total. The molecule has 0 bridgehead atoms. The summed E-state index contributed by atoms with van der Waals surface area (Å²) in [6.45, 7) is 1.55. The zero-order chi connectivity index (χ0) is 13.1. The van der Waals surface area contributed by atoms with Gasteiger partial charge in [0.25, 0.3) is 0 Å². The molecular formula is C14H17NO3. The minimum absolute atomic E-state index is 0.171. The number of rotatable bonds is 4. The normalized spacial score (nSPS) is 21.4. The number of carbonyl (C=O) groups is 2. The molecule has 1 aromatic rings. The third-order valence-corrected chi connectivity index (χ3v) is 3.30. The van der Waals surface area contributed by atoms with E-state index in [-0.39, 0.29) is 30.8 Å². The summed E-state index contributed by atoms with van der Waals surface area (Å²) in [6.07, 6.45) is 0.756. The number of amides is 2. The lowest BCUT2D eigenvalue weighted by molar-refractivity contribution is -0.142. The number of nitrogens with zero attached hydrogens (tertiary/aromatic N) is 1. The highest BCUT2D eigenvalue weighted by Gasteiger charge is 2.39. The van der Waals surface area contributed by atoms with Gasteiger partial charge in [-0.2, -0.15) is 0 Å². The fourth-order valence-corrected chi connectivity index (χ4v) is 2.32. The van der Waals surface area contributed by atoms with E-state index in [4.69, 9.17) is 0 Å². The van der Waals surface area contributed by atoms with Crippen molar-refractivity contribution in [3.05, 3.63) is 35.9 Å². The molecule has 4 heteroatoms. The molecule has 1 unspecified atom stereocenters. The van der Waals surface area contributed by atoms with Gasteiger partial charge in [-0.15, -0.1) is 0 Å². The highest BCUT2D eigenvalue weighted by molar-refractivity contribution is 6.03. The quantitative estimate of drug-likeness (QED) is 0.807. The Labute approximate surface area is 106 Å². The van der Waals surface area contributed by atoms with Crippen LogP contribution in [0.1, 0.15) is 18.9 Å². The predicted molar refractivity (Wildman–Crippen MR) is 66.7 cm³/mol. The number of likely N-dealkylation sites (tertiary alicyclic amines) is 1. The van der Waals surface area contributed by atoms with Gasteiger partial charge in [0.1, 0.15) is 0 Å². The lowest BCUT2D eigenvalue weighted by Gasteiger charge is -2.24. The number of carbonyl (C=O) groups excluding carboxylic acids is 2. The second kappa shape index (κ2) is 5.31. The number of benzene rings is 1. The number of imide groups is 1. The molecule has 2 atom stereocenters. The summed E-state index contributed by atoms with van der Waals surface area (Å²) < 4.78 is 0. The van der Waals surface area contributed by atoms with Crippen LogP contribution in [0.15, 0.2) is 30.3 Å². The maximum absolute atomic E-state index is 11.9. The van der Waals surface area contributed by atoms with Gasteiger partial charge in [-0.25, -0.2) is 0 Å². The Kier molecular flexibility index (Phi) is 3.77. The molecule has 1 fully saturated rings. The Hall–Kier alpha value is -1.68. The van der Waals surface area contributed by atoms with E-state index in [0.717, 1.165) is 5.56 Å². The number of aliphatic hydroxyl groups excluding tert-OH is 1. The van der Waals surface area contributed by atoms with Crippen molar-refractivity contribution < 1.29 is 14.7 Å². The van der Waals surface area contributed by atoms with Gasteiger partial charge < -0.3 is 5.11 Å². The molecule has 0 saturated carbocycles. The van der Waals surface area contributed by atoms with E-state index in [1.54, 1.807) is 6.92 Å². The SMILES string of the molecule is CC1CC(=O)N([C@@H](CO)Cc2ccccc2)C1=O. The molecule has 0 aliphatic carbocycles. The Morgan fingerprint density at radius 3 is 2.50 bits per heavy atom. The van der Waals surface area contributed by atoms with Crippen molar-refractivity contribution in [2.24, 2.45) is 5.92 Å². The Bertz CT molecular complexity index is 444. The van der Waals surface area contributed by atoms with Crippen molar-refractivity contribution in [3.63, 3.8) is 0 Å². The van der Waals surface area contributed by atoms with E-state index in [2.05, 4.69) is 0 Å². The third kappa shape index (κ3) is 2.43. The molecule has 0 aromatic heterocycles. The van der Waals surface area contributed by atoms with Gasteiger partial charge in [0, 0.05) is 12.3 Å². The maximum atomic E-state index is 11.9. The summed E-state index contributed by atoms with van der Waals surface area (Å²) >= 11 is 0. The van der Waals surface area contributed by atoms with Crippen LogP contribution < -0.4 is 0 Å². The van der Waals surface area contributed by atoms with Gasteiger partial charge in [0.15, 0.2) is 0 Å². The summed E-state index contributed by atoms with van der Waals surface area (Å²) in [4.78, 5) is 24.9. The van der Waals surface area contributed by atoms with Gasteiger partial charge in [-0.3, -0.25) is 14.5 Å². The third-order valence-electron chi connectivity index (χ3n) is 3.30. The van der Waals surface area contributed by atoms with Crippen molar-refractivity contribution in [1.29, 1.82) is 0 Å². The fourth-order valence-electron chi connectivity index (χ4n) is 2.32. The van der Waals surface area contributed by atoms with Gasteiger partial charge in [-0.05, 0) is 12.0 Å². The zero-order valence-corrected chi connectivity index (χ0v) is 10.4. The van der Waals surface area contributed by atoms with E-state index in [0.29, 0.717) is 6.42 Å². The first-order valence-corrected chi connectivity index (χ1v) is 6.14. The van der Waals surface area contributed by atoms with E-state index in [1.807, 2.05) is 30.3 Å². The smallest absolute Gasteiger partial charge is 0.232 e. The molecule has 1 aliphatic rings. The monoisotopic (exact) mass is 247 g/mol. The molecule has 2 rings (SSSR count). The summed E-state index contributed by atoms with van der Waals surface area (Å²) in [5.41, 5.74) is 1.01. The van der Waals surface area contributed by atoms with Gasteiger partial charge >= 0.3 is 0 Å². The molecule has 0 spiro atoms. The predicted octanol–water partition coefficient (Wildman–Crippen LogP) is 0.985. The zero-order valence-electron chi connectivity index (χ0n) is 10.4. The average Bonchev–Trinajstić information content (AvgIpc) is 2.62. The highest BCUT2D eigenvalue weighted by atomic mass is 16.3. The first-order valence-electron chi connectivity index (χ1n) is 6.14. The minimum Gasteiger partial charge on any atom is -0.394 e. The van der Waals surface area contributed by atoms with Crippen molar-refractivity contribution in [2.75, 3.05) is 6.61 Å². The van der Waals surface area contributed by atoms with E-state index >= 15 is 0 Å². The molecule has 1 N–H and O–H groups in total. The fraction of sp³-hybridized carbons (Fsp3) is 0.429. The van der Waals surface area contributed by atoms with Gasteiger partial charge in [0.05, 0.1) is 12.6 Å². The largest absolute Gasteiger partial charge is 0.394 e. The molecular weight excluding hydrogens is 230 g/mol. The van der Waals surface area contributed by atoms with Gasteiger partial charge in [0.2, 0.25) is 11.8 Å². The van der Waals surface area contributed by atoms with E-state index in [9.17, 15) is 14.7 Å². The lowest BCUT2D eigenvalue weighted by atomic mass is 10.1. The number of aliphatic hydroxyl groups is 1. The molecule has 1 saturated heterocycles. The second-order valence-corrected chi connectivity index (χ2v) is 4.73. The first kappa shape index (κ1) is 12.8. The van der Waals surface area contributed by atoms with Crippen molar-refractivity contribution in [1.82, 2.24) is 4.90 Å². The Morgan fingerprint density at radius 2 is 2.00 bits per heavy atom. The minimum atomic E-state index is -0.447. The van der Waals surface area contributed by atoms with Crippen LogP contribution in [0.3, 0.4) is 0 Å². The van der Waals surface area contributed by atoms with Crippen LogP contribution in [0.2, 0.25) is 0 Å². The molecule has 0 radical (unpaired) electrons. The second-order valence-electron chi connectivity index (χ2n) is 4.73. The van der Waals surface area contributed by atoms with Crippen LogP contribution in [0.4, 0.5) is 0 Å². The molecule has 1 aliphatic heterocycles. The Morgan fingerprint density at radius 1 is 1.33 bits per heavy atom. The van der Waals surface area contributed by atoms with Crippen molar-refractivity contribution in [2.45, 2.75) is 25.8 Å². The first-order chi connectivity index (χ1) is 8.63. The van der Waals surface area contributed by atoms with E-state index in [1.165, 1.54) is 4.90 Å². The van der Waals surface area contributed by atoms with Crippen LogP contribution in [0, 0.1) is 5.92 Å². The molecule has 1 heterocycles. The maximum Gasteiger partial charge on any atom is 0.232 e. The van der Waals surface area contributed by atoms with Crippen LogP contribution >= 0.6 is 0 Å². The van der Waals surface area contributed by atoms with Gasteiger partial charge in [-0.1, -0.05) is 37.3 Å². The Balaban J connectivity index is 2.14. The molecule has 96 valence electrons. The van der Waals surface area contributed by atoms with Crippen LogP contribution in [0.25, 0.3) is 0 Å². The summed E-state index contributed by atoms with van der Waals surface area (Å²) in [5, 5.41) is 9.42. The molecule has 1 aromatic carbocycles. The standard InChI is InChI=1S/C14H17NO3/c1-10-7-13(17)15(14(10)18)12(9-16)8-11-5-3-2-4-6-11/h2-6,10,12,16H,7-9H2,1H3/t10?,12-/m1/s1. The summed E-state index contributed by atoms with van der Waals surface area (Å²) in [7, 11) is 0. The molecule has 2 amide bonds. The lowest BCUT2D eigenvalue weighted by Crippen LogP contribution is -2.43. The van der Waals surface area contributed by atoms with E-state index < -0.39 is 6.04 Å².